The van der Waals surface area contributed by atoms with Crippen LogP contribution in [0.2, 0.25) is 0 Å². The Hall–Kier alpha value is -1.10. The molecule has 0 radical (unpaired) electrons. The topological polar surface area (TPSA) is 83.8 Å². The molecule has 0 fully saturated rings. The van der Waals surface area contributed by atoms with Gasteiger partial charge < -0.3 is 14.9 Å². The minimum atomic E-state index is -0.909. The maximum atomic E-state index is 9.99. The number of hydrogen-bond acceptors (Lipinski definition) is 3. The molecule has 0 aliphatic carbocycles. The molecule has 0 aromatic rings. The van der Waals surface area contributed by atoms with Gasteiger partial charge in [-0.25, -0.2) is 0 Å². The van der Waals surface area contributed by atoms with E-state index >= 15 is 0 Å². The van der Waals surface area contributed by atoms with Gasteiger partial charge in [0.15, 0.2) is 0 Å². The summed E-state index contributed by atoms with van der Waals surface area (Å²) in [6.07, 6.45) is 0.453. The van der Waals surface area contributed by atoms with Gasteiger partial charge in [-0.2, -0.15) is 0 Å². The second-order valence-electron chi connectivity index (χ2n) is 2.25. The summed E-state index contributed by atoms with van der Waals surface area (Å²) < 4.78 is 4.85. The van der Waals surface area contributed by atoms with Crippen LogP contribution in [0.3, 0.4) is 0 Å². The van der Waals surface area contributed by atoms with Crippen molar-refractivity contribution in [3.63, 3.8) is 0 Å². The molecule has 0 aliphatic rings. The molecule has 0 spiro atoms. The Morgan fingerprint density at radius 3 is 2.08 bits per heavy atom. The van der Waals surface area contributed by atoms with Crippen molar-refractivity contribution < 1.29 is 24.5 Å². The molecule has 5 heteroatoms. The standard InChI is InChI=1S/C7H12O5/c8-6(9)2-1-4-12-5-3-7(10)11/h1-5H2,(H,8,9)(H,10,11). The van der Waals surface area contributed by atoms with Crippen LogP contribution in [0.25, 0.3) is 0 Å². The lowest BCUT2D eigenvalue weighted by Gasteiger charge is -1.99. The summed E-state index contributed by atoms with van der Waals surface area (Å²) in [5.74, 6) is -1.77. The fraction of sp³-hybridized carbons (Fsp3) is 0.714. The lowest BCUT2D eigenvalue weighted by molar-refractivity contribution is -0.139. The third kappa shape index (κ3) is 8.90. The molecule has 0 bridgehead atoms. The highest BCUT2D eigenvalue weighted by molar-refractivity contribution is 5.67. The van der Waals surface area contributed by atoms with Crippen LogP contribution in [0, 0.1) is 0 Å². The Morgan fingerprint density at radius 2 is 1.58 bits per heavy atom. The van der Waals surface area contributed by atoms with Crippen LogP contribution in [0.1, 0.15) is 19.3 Å². The second kappa shape index (κ2) is 6.60. The molecule has 70 valence electrons. The number of carbonyl (C=O) groups is 2. The van der Waals surface area contributed by atoms with Gasteiger partial charge in [-0.1, -0.05) is 0 Å². The first-order chi connectivity index (χ1) is 5.63. The molecule has 0 amide bonds. The zero-order valence-corrected chi connectivity index (χ0v) is 6.65. The molecule has 2 N–H and O–H groups in total. The molecule has 0 aromatic carbocycles. The van der Waals surface area contributed by atoms with Crippen molar-refractivity contribution in [2.24, 2.45) is 0 Å². The smallest absolute Gasteiger partial charge is 0.305 e. The van der Waals surface area contributed by atoms with Gasteiger partial charge in [0.2, 0.25) is 0 Å². The molecule has 5 nitrogen and oxygen atoms in total. The fourth-order valence-electron chi connectivity index (χ4n) is 0.587. The fourth-order valence-corrected chi connectivity index (χ4v) is 0.587. The Balaban J connectivity index is 3.01. The molecule has 0 saturated heterocycles. The van der Waals surface area contributed by atoms with Gasteiger partial charge in [0, 0.05) is 13.0 Å². The maximum absolute atomic E-state index is 9.99. The summed E-state index contributed by atoms with van der Waals surface area (Å²) in [5, 5.41) is 16.4. The zero-order chi connectivity index (χ0) is 9.40. The normalized spacial score (nSPS) is 9.67. The van der Waals surface area contributed by atoms with E-state index in [2.05, 4.69) is 0 Å². The molecule has 12 heavy (non-hydrogen) atoms. The van der Waals surface area contributed by atoms with Crippen LogP contribution in [0.4, 0.5) is 0 Å². The summed E-state index contributed by atoms with van der Waals surface area (Å²) in [7, 11) is 0. The third-order valence-electron chi connectivity index (χ3n) is 1.14. The molecule has 0 rings (SSSR count). The predicted octanol–water partition coefficient (Wildman–Crippen LogP) is 0.343. The summed E-state index contributed by atoms with van der Waals surface area (Å²) in [6.45, 7) is 0.453. The van der Waals surface area contributed by atoms with Crippen LogP contribution in [0.5, 0.6) is 0 Å². The average molecular weight is 176 g/mol. The third-order valence-corrected chi connectivity index (χ3v) is 1.14. The van der Waals surface area contributed by atoms with Gasteiger partial charge in [0.05, 0.1) is 13.0 Å². The van der Waals surface area contributed by atoms with E-state index in [1.165, 1.54) is 0 Å². The SMILES string of the molecule is O=C(O)CCCOCCC(=O)O. The Bertz CT molecular complexity index is 136. The van der Waals surface area contributed by atoms with Gasteiger partial charge in [-0.05, 0) is 6.42 Å². The predicted molar refractivity (Wildman–Crippen MR) is 39.9 cm³/mol. The first kappa shape index (κ1) is 10.9. The van der Waals surface area contributed by atoms with E-state index in [9.17, 15) is 9.59 Å². The number of hydrogen-bond donors (Lipinski definition) is 2. The van der Waals surface area contributed by atoms with Crippen molar-refractivity contribution >= 4 is 11.9 Å². The second-order valence-corrected chi connectivity index (χ2v) is 2.25. The molecule has 0 saturated carbocycles. The number of carboxylic acids is 2. The van der Waals surface area contributed by atoms with Gasteiger partial charge >= 0.3 is 11.9 Å². The van der Waals surface area contributed by atoms with Crippen LogP contribution in [-0.2, 0) is 14.3 Å². The minimum absolute atomic E-state index is 0.0347. The molecular formula is C7H12O5. The highest BCUT2D eigenvalue weighted by Crippen LogP contribution is 1.91. The number of rotatable bonds is 7. The number of ether oxygens (including phenoxy) is 1. The van der Waals surface area contributed by atoms with E-state index in [-0.39, 0.29) is 19.4 Å². The maximum Gasteiger partial charge on any atom is 0.305 e. The molecule has 0 atom stereocenters. The Morgan fingerprint density at radius 1 is 1.00 bits per heavy atom. The van der Waals surface area contributed by atoms with E-state index in [0.717, 1.165) is 0 Å². The van der Waals surface area contributed by atoms with Crippen LogP contribution < -0.4 is 0 Å². The van der Waals surface area contributed by atoms with Crippen molar-refractivity contribution in [2.75, 3.05) is 13.2 Å². The lowest BCUT2D eigenvalue weighted by atomic mass is 10.3. The largest absolute Gasteiger partial charge is 0.481 e. The van der Waals surface area contributed by atoms with Gasteiger partial charge in [0.25, 0.3) is 0 Å². The van der Waals surface area contributed by atoms with E-state index in [4.69, 9.17) is 14.9 Å². The van der Waals surface area contributed by atoms with Crippen molar-refractivity contribution in [3.05, 3.63) is 0 Å². The van der Waals surface area contributed by atoms with E-state index < -0.39 is 11.9 Å². The van der Waals surface area contributed by atoms with Crippen LogP contribution in [0.15, 0.2) is 0 Å². The monoisotopic (exact) mass is 176 g/mol. The molecule has 0 aliphatic heterocycles. The molecule has 0 aromatic heterocycles. The van der Waals surface area contributed by atoms with Crippen LogP contribution in [-0.4, -0.2) is 35.4 Å². The summed E-state index contributed by atoms with van der Waals surface area (Å²) in [6, 6.07) is 0. The van der Waals surface area contributed by atoms with Crippen molar-refractivity contribution in [1.82, 2.24) is 0 Å². The minimum Gasteiger partial charge on any atom is -0.481 e. The summed E-state index contributed by atoms with van der Waals surface area (Å²) >= 11 is 0. The molecule has 0 unspecified atom stereocenters. The van der Waals surface area contributed by atoms with Crippen LogP contribution >= 0.6 is 0 Å². The van der Waals surface area contributed by atoms with E-state index in [1.54, 1.807) is 0 Å². The van der Waals surface area contributed by atoms with Gasteiger partial charge in [-0.15, -0.1) is 0 Å². The number of aliphatic carboxylic acids is 2. The first-order valence-electron chi connectivity index (χ1n) is 3.64. The number of carboxylic acid groups (broad SMARTS) is 2. The van der Waals surface area contributed by atoms with E-state index in [1.807, 2.05) is 0 Å². The summed E-state index contributed by atoms with van der Waals surface area (Å²) in [5.41, 5.74) is 0. The molecular weight excluding hydrogens is 164 g/mol. The summed E-state index contributed by atoms with van der Waals surface area (Å²) in [4.78, 5) is 20.0. The van der Waals surface area contributed by atoms with E-state index in [0.29, 0.717) is 13.0 Å². The highest BCUT2D eigenvalue weighted by Gasteiger charge is 1.98. The quantitative estimate of drug-likeness (QED) is 0.546. The zero-order valence-electron chi connectivity index (χ0n) is 6.65. The average Bonchev–Trinajstić information content (AvgIpc) is 1.95. The molecule has 0 heterocycles. The highest BCUT2D eigenvalue weighted by atomic mass is 16.5. The van der Waals surface area contributed by atoms with Gasteiger partial charge in [0.1, 0.15) is 0 Å². The Kier molecular flexibility index (Phi) is 6.00. The first-order valence-corrected chi connectivity index (χ1v) is 3.64. The van der Waals surface area contributed by atoms with Gasteiger partial charge in [-0.3, -0.25) is 9.59 Å². The van der Waals surface area contributed by atoms with Crippen molar-refractivity contribution in [1.29, 1.82) is 0 Å². The van der Waals surface area contributed by atoms with Crippen molar-refractivity contribution in [2.45, 2.75) is 19.3 Å². The van der Waals surface area contributed by atoms with Crippen molar-refractivity contribution in [3.8, 4) is 0 Å². The lowest BCUT2D eigenvalue weighted by Crippen LogP contribution is -2.05. The Labute approximate surface area is 70.0 Å².